The molecule has 0 aliphatic rings. The summed E-state index contributed by atoms with van der Waals surface area (Å²) in [5.74, 6) is -0.0426. The first-order valence-electron chi connectivity index (χ1n) is 7.79. The lowest BCUT2D eigenvalue weighted by Crippen LogP contribution is -2.34. The van der Waals surface area contributed by atoms with Gasteiger partial charge in [-0.25, -0.2) is 0 Å². The highest BCUT2D eigenvalue weighted by atomic mass is 16.3. The molecule has 0 unspecified atom stereocenters. The van der Waals surface area contributed by atoms with E-state index in [2.05, 4.69) is 29.2 Å². The molecular weight excluding hydrogens is 274 g/mol. The molecule has 2 aromatic carbocycles. The Bertz CT molecular complexity index is 490. The van der Waals surface area contributed by atoms with Crippen molar-refractivity contribution in [2.75, 3.05) is 26.7 Å². The molecule has 118 valence electrons. The summed E-state index contributed by atoms with van der Waals surface area (Å²) < 4.78 is 0. The van der Waals surface area contributed by atoms with Gasteiger partial charge in [0.25, 0.3) is 0 Å². The molecular formula is C19H25NO2. The standard InChI is InChI=1S/C19H25NO2/c1-20(13-8-14-21)15-18(22)19(16-9-4-2-5-10-16)17-11-6-3-7-12-17/h2-7,9-12,18-19,21-22H,8,13-15H2,1H3/t18-/m1/s1. The van der Waals surface area contributed by atoms with E-state index in [1.165, 1.54) is 0 Å². The molecule has 0 saturated carbocycles. The van der Waals surface area contributed by atoms with E-state index in [0.29, 0.717) is 6.54 Å². The average Bonchev–Trinajstić information content (AvgIpc) is 2.55. The molecule has 0 heterocycles. The number of likely N-dealkylation sites (N-methyl/N-ethyl adjacent to an activating group) is 1. The number of nitrogens with zero attached hydrogens (tertiary/aromatic N) is 1. The van der Waals surface area contributed by atoms with Crippen molar-refractivity contribution in [1.29, 1.82) is 0 Å². The van der Waals surface area contributed by atoms with E-state index in [9.17, 15) is 5.11 Å². The lowest BCUT2D eigenvalue weighted by atomic mass is 9.86. The van der Waals surface area contributed by atoms with Crippen molar-refractivity contribution in [3.8, 4) is 0 Å². The molecule has 0 fully saturated rings. The molecule has 0 aliphatic heterocycles. The zero-order valence-electron chi connectivity index (χ0n) is 13.1. The van der Waals surface area contributed by atoms with Crippen LogP contribution < -0.4 is 0 Å². The summed E-state index contributed by atoms with van der Waals surface area (Å²) >= 11 is 0. The Morgan fingerprint density at radius 2 is 1.41 bits per heavy atom. The number of hydrogen-bond donors (Lipinski definition) is 2. The molecule has 1 atom stereocenters. The van der Waals surface area contributed by atoms with Gasteiger partial charge in [-0.2, -0.15) is 0 Å². The van der Waals surface area contributed by atoms with Gasteiger partial charge in [0.05, 0.1) is 6.10 Å². The van der Waals surface area contributed by atoms with Crippen molar-refractivity contribution in [2.45, 2.75) is 18.4 Å². The molecule has 0 amide bonds. The van der Waals surface area contributed by atoms with Gasteiger partial charge in [0.15, 0.2) is 0 Å². The lowest BCUT2D eigenvalue weighted by molar-refractivity contribution is 0.108. The minimum atomic E-state index is -0.492. The van der Waals surface area contributed by atoms with E-state index >= 15 is 0 Å². The van der Waals surface area contributed by atoms with Gasteiger partial charge in [-0.05, 0) is 24.6 Å². The molecule has 0 radical (unpaired) electrons. The molecule has 0 saturated heterocycles. The first-order chi connectivity index (χ1) is 10.7. The van der Waals surface area contributed by atoms with Crippen LogP contribution in [0.5, 0.6) is 0 Å². The third kappa shape index (κ3) is 4.67. The second kappa shape index (κ2) is 8.69. The van der Waals surface area contributed by atoms with Gasteiger partial charge >= 0.3 is 0 Å². The van der Waals surface area contributed by atoms with Gasteiger partial charge in [-0.1, -0.05) is 60.7 Å². The lowest BCUT2D eigenvalue weighted by Gasteiger charge is -2.28. The summed E-state index contributed by atoms with van der Waals surface area (Å²) in [7, 11) is 1.98. The van der Waals surface area contributed by atoms with Gasteiger partial charge in [-0.3, -0.25) is 0 Å². The Balaban J connectivity index is 2.18. The highest BCUT2D eigenvalue weighted by Crippen LogP contribution is 2.28. The third-order valence-corrected chi connectivity index (χ3v) is 3.90. The fourth-order valence-corrected chi connectivity index (χ4v) is 2.81. The summed E-state index contributed by atoms with van der Waals surface area (Å²) in [6.07, 6.45) is 0.235. The maximum Gasteiger partial charge on any atom is 0.0775 e. The number of rotatable bonds is 8. The summed E-state index contributed by atoms with van der Waals surface area (Å²) in [5, 5.41) is 19.7. The number of aliphatic hydroxyl groups is 2. The minimum Gasteiger partial charge on any atom is -0.396 e. The molecule has 0 aromatic heterocycles. The summed E-state index contributed by atoms with van der Waals surface area (Å²) in [4.78, 5) is 2.07. The van der Waals surface area contributed by atoms with Crippen molar-refractivity contribution in [3.63, 3.8) is 0 Å². The first kappa shape index (κ1) is 16.7. The molecule has 3 nitrogen and oxygen atoms in total. The van der Waals surface area contributed by atoms with E-state index in [1.807, 2.05) is 43.4 Å². The van der Waals surface area contributed by atoms with Crippen LogP contribution in [0.1, 0.15) is 23.5 Å². The Labute approximate surface area is 132 Å². The van der Waals surface area contributed by atoms with Crippen molar-refractivity contribution < 1.29 is 10.2 Å². The quantitative estimate of drug-likeness (QED) is 0.787. The monoisotopic (exact) mass is 299 g/mol. The van der Waals surface area contributed by atoms with Gasteiger partial charge in [0, 0.05) is 25.6 Å². The molecule has 2 rings (SSSR count). The highest BCUT2D eigenvalue weighted by Gasteiger charge is 2.23. The molecule has 2 aromatic rings. The van der Waals surface area contributed by atoms with Crippen LogP contribution in [0.4, 0.5) is 0 Å². The fraction of sp³-hybridized carbons (Fsp3) is 0.368. The van der Waals surface area contributed by atoms with Gasteiger partial charge in [0.2, 0.25) is 0 Å². The van der Waals surface area contributed by atoms with Crippen molar-refractivity contribution >= 4 is 0 Å². The van der Waals surface area contributed by atoms with E-state index in [-0.39, 0.29) is 12.5 Å². The van der Waals surface area contributed by atoms with Crippen LogP contribution in [-0.4, -0.2) is 48.0 Å². The zero-order chi connectivity index (χ0) is 15.8. The molecule has 22 heavy (non-hydrogen) atoms. The fourth-order valence-electron chi connectivity index (χ4n) is 2.81. The van der Waals surface area contributed by atoms with E-state index < -0.39 is 6.10 Å². The van der Waals surface area contributed by atoms with Gasteiger partial charge in [-0.15, -0.1) is 0 Å². The largest absolute Gasteiger partial charge is 0.396 e. The predicted molar refractivity (Wildman–Crippen MR) is 89.9 cm³/mol. The second-order valence-electron chi connectivity index (χ2n) is 5.71. The predicted octanol–water partition coefficient (Wildman–Crippen LogP) is 2.49. The van der Waals surface area contributed by atoms with Gasteiger partial charge < -0.3 is 15.1 Å². The number of hydrogen-bond acceptors (Lipinski definition) is 3. The second-order valence-corrected chi connectivity index (χ2v) is 5.71. The number of benzene rings is 2. The summed E-state index contributed by atoms with van der Waals surface area (Å²) in [6, 6.07) is 20.3. The maximum atomic E-state index is 10.8. The molecule has 3 heteroatoms. The first-order valence-corrected chi connectivity index (χ1v) is 7.79. The normalized spacial score (nSPS) is 12.8. The van der Waals surface area contributed by atoms with Crippen LogP contribution in [0, 0.1) is 0 Å². The van der Waals surface area contributed by atoms with Crippen LogP contribution in [0.3, 0.4) is 0 Å². The van der Waals surface area contributed by atoms with Crippen LogP contribution in [0.25, 0.3) is 0 Å². The minimum absolute atomic E-state index is 0.0426. The highest BCUT2D eigenvalue weighted by molar-refractivity contribution is 5.33. The SMILES string of the molecule is CN(CCCO)C[C@@H](O)C(c1ccccc1)c1ccccc1. The Morgan fingerprint density at radius 3 is 1.86 bits per heavy atom. The number of aliphatic hydroxyl groups excluding tert-OH is 2. The van der Waals surface area contributed by atoms with E-state index in [0.717, 1.165) is 24.1 Å². The molecule has 0 aliphatic carbocycles. The third-order valence-electron chi connectivity index (χ3n) is 3.90. The summed E-state index contributed by atoms with van der Waals surface area (Å²) in [5.41, 5.74) is 2.24. The van der Waals surface area contributed by atoms with Crippen molar-refractivity contribution in [1.82, 2.24) is 4.90 Å². The van der Waals surface area contributed by atoms with Crippen molar-refractivity contribution in [3.05, 3.63) is 71.8 Å². The molecule has 0 bridgehead atoms. The van der Waals surface area contributed by atoms with Crippen LogP contribution in [0.2, 0.25) is 0 Å². The van der Waals surface area contributed by atoms with E-state index in [4.69, 9.17) is 5.11 Å². The topological polar surface area (TPSA) is 43.7 Å². The summed E-state index contributed by atoms with van der Waals surface area (Å²) in [6.45, 7) is 1.54. The smallest absolute Gasteiger partial charge is 0.0775 e. The van der Waals surface area contributed by atoms with Crippen LogP contribution in [-0.2, 0) is 0 Å². The zero-order valence-corrected chi connectivity index (χ0v) is 13.1. The Kier molecular flexibility index (Phi) is 6.59. The molecule has 0 spiro atoms. The van der Waals surface area contributed by atoms with E-state index in [1.54, 1.807) is 0 Å². The average molecular weight is 299 g/mol. The maximum absolute atomic E-state index is 10.8. The van der Waals surface area contributed by atoms with Gasteiger partial charge in [0.1, 0.15) is 0 Å². The Hall–Kier alpha value is -1.68. The molecule has 2 N–H and O–H groups in total. The van der Waals surface area contributed by atoms with Crippen LogP contribution >= 0.6 is 0 Å². The van der Waals surface area contributed by atoms with Crippen molar-refractivity contribution in [2.24, 2.45) is 0 Å². The van der Waals surface area contributed by atoms with Crippen LogP contribution in [0.15, 0.2) is 60.7 Å². The Morgan fingerprint density at radius 1 is 0.909 bits per heavy atom.